The third-order valence-corrected chi connectivity index (χ3v) is 6.96. The van der Waals surface area contributed by atoms with Gasteiger partial charge in [0.2, 0.25) is 10.0 Å². The van der Waals surface area contributed by atoms with Crippen LogP contribution >= 0.6 is 0 Å². The summed E-state index contributed by atoms with van der Waals surface area (Å²) in [5.41, 5.74) is -0.852. The molecule has 2 aromatic carbocycles. The van der Waals surface area contributed by atoms with Crippen LogP contribution in [0.15, 0.2) is 47.4 Å². The topological polar surface area (TPSA) is 122 Å². The second-order valence-corrected chi connectivity index (χ2v) is 9.17. The maximum atomic E-state index is 13.3. The summed E-state index contributed by atoms with van der Waals surface area (Å²) in [5, 5.41) is 19.3. The highest BCUT2D eigenvalue weighted by molar-refractivity contribution is 7.89. The van der Waals surface area contributed by atoms with Gasteiger partial charge in [-0.15, -0.1) is 0 Å². The van der Waals surface area contributed by atoms with Crippen LogP contribution in [0, 0.1) is 0 Å². The lowest BCUT2D eigenvalue weighted by Crippen LogP contribution is -2.43. The molecule has 1 saturated carbocycles. The molecule has 1 aliphatic heterocycles. The van der Waals surface area contributed by atoms with Gasteiger partial charge in [-0.05, 0) is 18.2 Å². The minimum absolute atomic E-state index is 0.0197. The number of rotatable bonds is 6. The Bertz CT molecular complexity index is 1150. The second kappa shape index (κ2) is 7.94. The maximum absolute atomic E-state index is 13.3. The first kappa shape index (κ1) is 22.4. The first-order valence-corrected chi connectivity index (χ1v) is 11.0. The van der Waals surface area contributed by atoms with Crippen LogP contribution < -0.4 is 14.2 Å². The molecule has 0 bridgehead atoms. The van der Waals surface area contributed by atoms with Crippen molar-refractivity contribution in [3.05, 3.63) is 53.6 Å². The number of ether oxygens (including phenoxy) is 2. The monoisotopic (exact) mass is 473 g/mol. The molecule has 32 heavy (non-hydrogen) atoms. The number of carbonyl (C=O) groups is 1. The normalized spacial score (nSPS) is 24.5. The van der Waals surface area contributed by atoms with Crippen LogP contribution in [-0.2, 0) is 21.0 Å². The zero-order valence-electron chi connectivity index (χ0n) is 16.2. The predicted octanol–water partition coefficient (Wildman–Crippen LogP) is 2.13. The van der Waals surface area contributed by atoms with Crippen molar-refractivity contribution in [1.82, 2.24) is 4.72 Å². The van der Waals surface area contributed by atoms with Gasteiger partial charge in [0, 0.05) is 17.9 Å². The van der Waals surface area contributed by atoms with E-state index in [1.54, 1.807) is 12.1 Å². The number of nitrogens with one attached hydrogen (secondary N) is 1. The molecule has 0 amide bonds. The van der Waals surface area contributed by atoms with Crippen molar-refractivity contribution in [1.29, 1.82) is 0 Å². The highest BCUT2D eigenvalue weighted by Crippen LogP contribution is 2.51. The minimum Gasteiger partial charge on any atom is -0.485 e. The van der Waals surface area contributed by atoms with Crippen LogP contribution in [0.2, 0.25) is 0 Å². The molecule has 0 spiro atoms. The fourth-order valence-electron chi connectivity index (χ4n) is 4.17. The van der Waals surface area contributed by atoms with E-state index in [-0.39, 0.29) is 17.9 Å². The number of alkyl halides is 3. The zero-order chi connectivity index (χ0) is 23.3. The van der Waals surface area contributed by atoms with Gasteiger partial charge in [0.1, 0.15) is 6.10 Å². The number of carboxylic acids is 1. The molecular weight excluding hydrogens is 455 g/mol. The average molecular weight is 473 g/mol. The Morgan fingerprint density at radius 2 is 1.91 bits per heavy atom. The molecule has 8 nitrogen and oxygen atoms in total. The van der Waals surface area contributed by atoms with Crippen LogP contribution in [0.4, 0.5) is 13.2 Å². The van der Waals surface area contributed by atoms with Crippen molar-refractivity contribution in [2.75, 3.05) is 6.61 Å². The van der Waals surface area contributed by atoms with Crippen molar-refractivity contribution in [3.8, 4) is 11.5 Å². The summed E-state index contributed by atoms with van der Waals surface area (Å²) < 4.78 is 79.0. The molecule has 0 saturated heterocycles. The van der Waals surface area contributed by atoms with Crippen molar-refractivity contribution in [3.63, 3.8) is 0 Å². The number of para-hydroxylation sites is 1. The van der Waals surface area contributed by atoms with E-state index in [9.17, 15) is 31.5 Å². The summed E-state index contributed by atoms with van der Waals surface area (Å²) in [4.78, 5) is 9.85. The third-order valence-electron chi connectivity index (χ3n) is 5.44. The fraction of sp³-hybridized carbons (Fsp3) is 0.350. The molecule has 4 unspecified atom stereocenters. The van der Waals surface area contributed by atoms with Gasteiger partial charge in [0.25, 0.3) is 0 Å². The molecule has 1 aliphatic carbocycles. The van der Waals surface area contributed by atoms with Gasteiger partial charge < -0.3 is 19.7 Å². The number of aliphatic carboxylic acids is 1. The van der Waals surface area contributed by atoms with E-state index >= 15 is 0 Å². The first-order chi connectivity index (χ1) is 15.0. The Labute approximate surface area is 180 Å². The van der Waals surface area contributed by atoms with Crippen LogP contribution in [0.25, 0.3) is 0 Å². The SMILES string of the molecule is O=C(O)COc1cccc2c1OC1CC(O)C(NS(=O)(=O)c3ccccc3C(F)(F)F)C21. The number of aliphatic hydroxyl groups excluding tert-OH is 1. The number of benzene rings is 2. The summed E-state index contributed by atoms with van der Waals surface area (Å²) in [6.45, 7) is -0.623. The lowest BCUT2D eigenvalue weighted by molar-refractivity contribution is -0.140. The third kappa shape index (κ3) is 4.00. The van der Waals surface area contributed by atoms with E-state index in [0.717, 1.165) is 12.1 Å². The van der Waals surface area contributed by atoms with E-state index in [2.05, 4.69) is 4.72 Å². The number of hydrogen-bond donors (Lipinski definition) is 3. The largest absolute Gasteiger partial charge is 0.485 e. The fourth-order valence-corrected chi connectivity index (χ4v) is 5.69. The molecule has 172 valence electrons. The molecule has 4 atom stereocenters. The number of aliphatic hydroxyl groups is 1. The summed E-state index contributed by atoms with van der Waals surface area (Å²) in [5.74, 6) is -1.56. The Hall–Kier alpha value is -2.83. The Kier molecular flexibility index (Phi) is 5.55. The van der Waals surface area contributed by atoms with Gasteiger partial charge in [-0.2, -0.15) is 13.2 Å². The molecule has 3 N–H and O–H groups in total. The van der Waals surface area contributed by atoms with Crippen LogP contribution in [0.1, 0.15) is 23.5 Å². The number of halogens is 3. The summed E-state index contributed by atoms with van der Waals surface area (Å²) in [7, 11) is -4.66. The lowest BCUT2D eigenvalue weighted by atomic mass is 9.94. The van der Waals surface area contributed by atoms with Gasteiger partial charge in [-0.1, -0.05) is 24.3 Å². The van der Waals surface area contributed by atoms with Gasteiger partial charge in [-0.3, -0.25) is 0 Å². The average Bonchev–Trinajstić information content (AvgIpc) is 3.21. The standard InChI is InChI=1S/C20H18F3NO7S/c21-20(22,23)11-5-1-2-7-15(11)32(28,29)24-18-12(25)8-14-17(18)10-4-3-6-13(19(10)31-14)30-9-16(26)27/h1-7,12,14,17-18,24-25H,8-9H2,(H,26,27). The van der Waals surface area contributed by atoms with E-state index in [1.165, 1.54) is 12.1 Å². The molecule has 2 aliphatic rings. The minimum atomic E-state index is -4.89. The zero-order valence-corrected chi connectivity index (χ0v) is 17.1. The van der Waals surface area contributed by atoms with E-state index in [1.807, 2.05) is 0 Å². The Balaban J connectivity index is 1.66. The second-order valence-electron chi connectivity index (χ2n) is 7.48. The Morgan fingerprint density at radius 3 is 2.59 bits per heavy atom. The van der Waals surface area contributed by atoms with Gasteiger partial charge >= 0.3 is 12.1 Å². The van der Waals surface area contributed by atoms with Crippen LogP contribution in [0.3, 0.4) is 0 Å². The molecule has 0 radical (unpaired) electrons. The van der Waals surface area contributed by atoms with Gasteiger partial charge in [0.15, 0.2) is 18.1 Å². The van der Waals surface area contributed by atoms with Crippen molar-refractivity contribution in [2.45, 2.75) is 41.7 Å². The van der Waals surface area contributed by atoms with E-state index < -0.39 is 63.4 Å². The lowest BCUT2D eigenvalue weighted by Gasteiger charge is -2.23. The van der Waals surface area contributed by atoms with Crippen LogP contribution in [0.5, 0.6) is 11.5 Å². The quantitative estimate of drug-likeness (QED) is 0.588. The summed E-state index contributed by atoms with van der Waals surface area (Å²) in [6.07, 6.45) is -6.75. The molecule has 4 rings (SSSR count). The van der Waals surface area contributed by atoms with Crippen molar-refractivity contribution >= 4 is 16.0 Å². The summed E-state index contributed by atoms with van der Waals surface area (Å²) in [6, 6.07) is 7.26. The molecule has 2 aromatic rings. The van der Waals surface area contributed by atoms with Gasteiger partial charge in [0.05, 0.1) is 22.6 Å². The number of sulfonamides is 1. The highest BCUT2D eigenvalue weighted by atomic mass is 32.2. The first-order valence-electron chi connectivity index (χ1n) is 9.50. The van der Waals surface area contributed by atoms with Gasteiger partial charge in [-0.25, -0.2) is 17.9 Å². The van der Waals surface area contributed by atoms with Crippen LogP contribution in [-0.4, -0.2) is 49.5 Å². The summed E-state index contributed by atoms with van der Waals surface area (Å²) >= 11 is 0. The van der Waals surface area contributed by atoms with Crippen molar-refractivity contribution < 1.29 is 46.1 Å². The molecule has 1 heterocycles. The number of hydrogen-bond acceptors (Lipinski definition) is 6. The molecule has 0 aromatic heterocycles. The van der Waals surface area contributed by atoms with Crippen molar-refractivity contribution in [2.24, 2.45) is 0 Å². The molecular formula is C20H18F3NO7S. The number of carboxylic acid groups (broad SMARTS) is 1. The maximum Gasteiger partial charge on any atom is 0.417 e. The Morgan fingerprint density at radius 1 is 1.19 bits per heavy atom. The number of fused-ring (bicyclic) bond motifs is 3. The predicted molar refractivity (Wildman–Crippen MR) is 103 cm³/mol. The highest BCUT2D eigenvalue weighted by Gasteiger charge is 2.52. The molecule has 12 heteroatoms. The smallest absolute Gasteiger partial charge is 0.417 e. The van der Waals surface area contributed by atoms with E-state index in [4.69, 9.17) is 14.6 Å². The molecule has 1 fully saturated rings. The van der Waals surface area contributed by atoms with E-state index in [0.29, 0.717) is 11.6 Å².